The Morgan fingerprint density at radius 3 is 2.74 bits per heavy atom. The molecule has 0 N–H and O–H groups in total. The summed E-state index contributed by atoms with van der Waals surface area (Å²) in [7, 11) is 0. The van der Waals surface area contributed by atoms with Crippen molar-refractivity contribution in [2.75, 3.05) is 0 Å². The first-order valence-electron chi connectivity index (χ1n) is 9.78. The molecule has 0 aromatic carbocycles. The molecule has 1 aliphatic carbocycles. The van der Waals surface area contributed by atoms with Gasteiger partial charge in [-0.25, -0.2) is 4.79 Å². The lowest BCUT2D eigenvalue weighted by Crippen LogP contribution is -2.37. The van der Waals surface area contributed by atoms with Gasteiger partial charge in [-0.1, -0.05) is 23.8 Å². The molecule has 0 spiro atoms. The molecule has 2 heterocycles. The smallest absolute Gasteiger partial charge is 0.334 e. The fraction of sp³-hybridized carbons (Fsp3) is 0.636. The third-order valence-electron chi connectivity index (χ3n) is 6.02. The first-order chi connectivity index (χ1) is 12.7. The number of ether oxygens (including phenoxy) is 3. The van der Waals surface area contributed by atoms with Crippen molar-refractivity contribution in [2.45, 2.75) is 83.7 Å². The van der Waals surface area contributed by atoms with Crippen LogP contribution in [0.2, 0.25) is 0 Å². The van der Waals surface area contributed by atoms with E-state index in [1.165, 1.54) is 18.1 Å². The minimum Gasteiger partial charge on any atom is -0.459 e. The highest BCUT2D eigenvalue weighted by Crippen LogP contribution is 2.47. The summed E-state index contributed by atoms with van der Waals surface area (Å²) in [4.78, 5) is 23.8. The highest BCUT2D eigenvalue weighted by molar-refractivity contribution is 5.91. The van der Waals surface area contributed by atoms with Crippen molar-refractivity contribution in [3.8, 4) is 0 Å². The Labute approximate surface area is 161 Å². The van der Waals surface area contributed by atoms with Crippen molar-refractivity contribution < 1.29 is 23.8 Å². The van der Waals surface area contributed by atoms with Gasteiger partial charge in [-0.2, -0.15) is 0 Å². The molecular weight excluding hydrogens is 344 g/mol. The predicted octanol–water partition coefficient (Wildman–Crippen LogP) is 4.03. The monoisotopic (exact) mass is 374 g/mol. The molecule has 0 radical (unpaired) electrons. The van der Waals surface area contributed by atoms with Crippen molar-refractivity contribution in [1.82, 2.24) is 0 Å². The van der Waals surface area contributed by atoms with Crippen molar-refractivity contribution in [3.63, 3.8) is 0 Å². The zero-order chi connectivity index (χ0) is 19.8. The molecule has 0 bridgehead atoms. The predicted molar refractivity (Wildman–Crippen MR) is 102 cm³/mol. The van der Waals surface area contributed by atoms with E-state index in [0.29, 0.717) is 12.0 Å². The van der Waals surface area contributed by atoms with Crippen LogP contribution in [-0.2, 0) is 23.8 Å². The van der Waals surface area contributed by atoms with Crippen LogP contribution in [-0.4, -0.2) is 35.9 Å². The number of fused-ring (bicyclic) bond motifs is 2. The summed E-state index contributed by atoms with van der Waals surface area (Å²) in [5.74, 6) is -0.917. The lowest BCUT2D eigenvalue weighted by molar-refractivity contribution is -0.151. The quantitative estimate of drug-likeness (QED) is 0.300. The number of carbonyl (C=O) groups is 2. The molecule has 3 aliphatic rings. The van der Waals surface area contributed by atoms with Gasteiger partial charge in [0.25, 0.3) is 0 Å². The molecule has 2 fully saturated rings. The lowest BCUT2D eigenvalue weighted by atomic mass is 9.84. The molecule has 5 heteroatoms. The average Bonchev–Trinajstić information content (AvgIpc) is 3.18. The van der Waals surface area contributed by atoms with Gasteiger partial charge < -0.3 is 14.2 Å². The fourth-order valence-corrected chi connectivity index (χ4v) is 4.16. The molecule has 27 heavy (non-hydrogen) atoms. The molecule has 2 aliphatic heterocycles. The van der Waals surface area contributed by atoms with Crippen LogP contribution in [0.25, 0.3) is 0 Å². The van der Waals surface area contributed by atoms with E-state index in [9.17, 15) is 9.59 Å². The molecule has 0 saturated carbocycles. The second-order valence-corrected chi connectivity index (χ2v) is 8.27. The number of hydrogen-bond donors (Lipinski definition) is 0. The van der Waals surface area contributed by atoms with Crippen molar-refractivity contribution in [3.05, 3.63) is 35.5 Å². The maximum Gasteiger partial charge on any atom is 0.334 e. The van der Waals surface area contributed by atoms with E-state index in [1.807, 2.05) is 13.0 Å². The van der Waals surface area contributed by atoms with E-state index in [1.54, 1.807) is 0 Å². The second-order valence-electron chi connectivity index (χ2n) is 8.27. The summed E-state index contributed by atoms with van der Waals surface area (Å²) in [5.41, 5.74) is 2.46. The first kappa shape index (κ1) is 19.9. The molecule has 0 aromatic rings. The maximum absolute atomic E-state index is 12.1. The molecule has 5 nitrogen and oxygen atoms in total. The molecule has 5 atom stereocenters. The van der Waals surface area contributed by atoms with Crippen LogP contribution in [0.15, 0.2) is 35.5 Å². The average molecular weight is 374 g/mol. The first-order valence-corrected chi connectivity index (χ1v) is 9.78. The lowest BCUT2D eigenvalue weighted by Gasteiger charge is -2.26. The molecule has 3 rings (SSSR count). The van der Waals surface area contributed by atoms with E-state index in [2.05, 4.69) is 26.5 Å². The molecular formula is C22H30O5. The Kier molecular flexibility index (Phi) is 5.61. The van der Waals surface area contributed by atoms with Gasteiger partial charge in [-0.15, -0.1) is 0 Å². The largest absolute Gasteiger partial charge is 0.459 e. The Morgan fingerprint density at radius 1 is 1.30 bits per heavy atom. The third kappa shape index (κ3) is 4.34. The number of rotatable bonds is 1. The van der Waals surface area contributed by atoms with Gasteiger partial charge in [0.2, 0.25) is 0 Å². The van der Waals surface area contributed by atoms with Gasteiger partial charge in [0.05, 0.1) is 6.10 Å². The van der Waals surface area contributed by atoms with Crippen LogP contribution >= 0.6 is 0 Å². The minimum atomic E-state index is -0.523. The maximum atomic E-state index is 12.1. The topological polar surface area (TPSA) is 65.1 Å². The van der Waals surface area contributed by atoms with Crippen LogP contribution in [0.4, 0.5) is 0 Å². The Hall–Kier alpha value is -1.88. The summed E-state index contributed by atoms with van der Waals surface area (Å²) >= 11 is 0. The molecule has 0 unspecified atom stereocenters. The Balaban J connectivity index is 1.91. The van der Waals surface area contributed by atoms with E-state index < -0.39 is 11.7 Å². The summed E-state index contributed by atoms with van der Waals surface area (Å²) < 4.78 is 17.2. The Bertz CT molecular complexity index is 703. The van der Waals surface area contributed by atoms with Gasteiger partial charge in [-0.3, -0.25) is 4.79 Å². The van der Waals surface area contributed by atoms with E-state index in [-0.39, 0.29) is 30.1 Å². The third-order valence-corrected chi connectivity index (χ3v) is 6.02. The van der Waals surface area contributed by atoms with Gasteiger partial charge in [0.15, 0.2) is 0 Å². The SMILES string of the molecule is C=C1C(=O)O[C@H]2/C=C(\C)CC/C=C(/C)CC[C@H]3O[C@@]3(C)[C@@H](OC(C)=O)C[C@@H]12. The molecule has 0 amide bonds. The number of hydrogen-bond acceptors (Lipinski definition) is 5. The van der Waals surface area contributed by atoms with Gasteiger partial charge in [0, 0.05) is 18.4 Å². The minimum absolute atomic E-state index is 0.0511. The number of esters is 2. The molecule has 0 aromatic heterocycles. The van der Waals surface area contributed by atoms with Gasteiger partial charge in [-0.05, 0) is 59.0 Å². The van der Waals surface area contributed by atoms with E-state index >= 15 is 0 Å². The Morgan fingerprint density at radius 2 is 2.04 bits per heavy atom. The van der Waals surface area contributed by atoms with Crippen molar-refractivity contribution in [1.29, 1.82) is 0 Å². The van der Waals surface area contributed by atoms with Crippen LogP contribution in [0.1, 0.15) is 59.8 Å². The van der Waals surface area contributed by atoms with Crippen molar-refractivity contribution in [2.24, 2.45) is 5.92 Å². The summed E-state index contributed by atoms with van der Waals surface area (Å²) in [6.07, 6.45) is 7.78. The van der Waals surface area contributed by atoms with Crippen LogP contribution < -0.4 is 0 Å². The standard InChI is InChI=1S/C22H30O5/c1-13-7-6-8-14(2)11-18-17(15(3)21(24)26-18)12-20(25-16(4)23)22(5)19(27-22)10-9-13/h7,11,17-20H,3,6,8-10,12H2,1-2,4-5H3/b13-7-,14-11+/t17-,18-,19+,20-,22+/m0/s1. The van der Waals surface area contributed by atoms with Crippen LogP contribution in [0.5, 0.6) is 0 Å². The highest BCUT2D eigenvalue weighted by Gasteiger charge is 2.60. The second kappa shape index (κ2) is 7.63. The van der Waals surface area contributed by atoms with Gasteiger partial charge >= 0.3 is 11.9 Å². The zero-order valence-electron chi connectivity index (χ0n) is 16.7. The highest BCUT2D eigenvalue weighted by atomic mass is 16.6. The number of carbonyl (C=O) groups excluding carboxylic acids is 2. The zero-order valence-corrected chi connectivity index (χ0v) is 16.7. The number of epoxide rings is 1. The summed E-state index contributed by atoms with van der Waals surface area (Å²) in [5, 5.41) is 0. The summed E-state index contributed by atoms with van der Waals surface area (Å²) in [6.45, 7) is 11.5. The molecule has 2 saturated heterocycles. The fourth-order valence-electron chi connectivity index (χ4n) is 4.16. The van der Waals surface area contributed by atoms with Crippen molar-refractivity contribution >= 4 is 11.9 Å². The van der Waals surface area contributed by atoms with Crippen LogP contribution in [0, 0.1) is 5.92 Å². The van der Waals surface area contributed by atoms with Crippen LogP contribution in [0.3, 0.4) is 0 Å². The van der Waals surface area contributed by atoms with E-state index in [4.69, 9.17) is 14.2 Å². The van der Waals surface area contributed by atoms with E-state index in [0.717, 1.165) is 25.7 Å². The number of allylic oxidation sites excluding steroid dienone is 3. The summed E-state index contributed by atoms with van der Waals surface area (Å²) in [6, 6.07) is 0. The molecule has 148 valence electrons. The van der Waals surface area contributed by atoms with Gasteiger partial charge in [0.1, 0.15) is 17.8 Å². The normalized spacial score (nSPS) is 41.0.